The molecule has 0 saturated heterocycles. The molecule has 0 saturated carbocycles. The highest BCUT2D eigenvalue weighted by Crippen LogP contribution is 2.09. The van der Waals surface area contributed by atoms with Crippen molar-refractivity contribution >= 4 is 11.9 Å². The number of carbonyl (C=O) groups excluding carboxylic acids is 1. The molecule has 0 spiro atoms. The van der Waals surface area contributed by atoms with Gasteiger partial charge in [0.1, 0.15) is 0 Å². The van der Waals surface area contributed by atoms with E-state index in [2.05, 4.69) is 24.4 Å². The molecule has 0 aliphatic carbocycles. The van der Waals surface area contributed by atoms with Gasteiger partial charge in [-0.3, -0.25) is 9.59 Å². The number of allylic oxidation sites excluding steroid dienone is 2. The fourth-order valence-electron chi connectivity index (χ4n) is 2.66. The Morgan fingerprint density at radius 1 is 0.852 bits per heavy atom. The van der Waals surface area contributed by atoms with Gasteiger partial charge < -0.3 is 16.2 Å². The number of nitrogens with two attached hydrogens (primary N) is 1. The number of hydrogen-bond donors (Lipinski definition) is 3. The van der Waals surface area contributed by atoms with Gasteiger partial charge in [-0.25, -0.2) is 0 Å². The quantitative estimate of drug-likeness (QED) is 0.238. The van der Waals surface area contributed by atoms with Crippen molar-refractivity contribution in [1.29, 1.82) is 0 Å². The molecule has 0 aromatic heterocycles. The Labute approximate surface area is 167 Å². The lowest BCUT2D eigenvalue weighted by molar-refractivity contribution is -0.134. The summed E-state index contributed by atoms with van der Waals surface area (Å²) in [5.41, 5.74) is 5.34. The van der Waals surface area contributed by atoms with Crippen molar-refractivity contribution in [2.45, 2.75) is 104 Å². The van der Waals surface area contributed by atoms with Gasteiger partial charge in [-0.15, -0.1) is 0 Å². The average Bonchev–Trinajstić information content (AvgIpc) is 2.62. The van der Waals surface area contributed by atoms with E-state index < -0.39 is 5.97 Å². The highest BCUT2D eigenvalue weighted by Gasteiger charge is 1.99. The zero-order chi connectivity index (χ0) is 20.6. The fraction of sp³-hybridized carbons (Fsp3) is 0.818. The second-order valence-corrected chi connectivity index (χ2v) is 6.99. The topological polar surface area (TPSA) is 92.4 Å². The molecule has 5 heteroatoms. The molecule has 4 N–H and O–H groups in total. The van der Waals surface area contributed by atoms with Gasteiger partial charge >= 0.3 is 0 Å². The van der Waals surface area contributed by atoms with E-state index >= 15 is 0 Å². The first-order valence-corrected chi connectivity index (χ1v) is 10.9. The number of hydrogen-bond acceptors (Lipinski definition) is 3. The Hall–Kier alpha value is -1.36. The molecule has 0 aromatic rings. The van der Waals surface area contributed by atoms with Crippen LogP contribution in [0.2, 0.25) is 0 Å². The maximum atomic E-state index is 11.4. The molecular weight excluding hydrogens is 340 g/mol. The zero-order valence-electron chi connectivity index (χ0n) is 17.8. The van der Waals surface area contributed by atoms with E-state index in [-0.39, 0.29) is 5.91 Å². The number of unbranched alkanes of at least 4 members (excludes halogenated alkanes) is 11. The van der Waals surface area contributed by atoms with Gasteiger partial charge in [0.2, 0.25) is 5.91 Å². The summed E-state index contributed by atoms with van der Waals surface area (Å²) in [5, 5.41) is 10.2. The number of carboxylic acids is 1. The molecule has 0 atom stereocenters. The lowest BCUT2D eigenvalue weighted by atomic mass is 10.1. The first-order valence-electron chi connectivity index (χ1n) is 10.9. The van der Waals surface area contributed by atoms with Gasteiger partial charge in [0.15, 0.2) is 0 Å². The Morgan fingerprint density at radius 2 is 1.30 bits per heavy atom. The SMILES string of the molecule is CC(=O)O.CCCCCCCCC=CCCCCCCCC(=O)NCCN. The molecule has 0 fully saturated rings. The highest BCUT2D eigenvalue weighted by atomic mass is 16.4. The van der Waals surface area contributed by atoms with Gasteiger partial charge in [0.25, 0.3) is 5.97 Å². The molecule has 27 heavy (non-hydrogen) atoms. The minimum Gasteiger partial charge on any atom is -0.481 e. The Morgan fingerprint density at radius 3 is 1.78 bits per heavy atom. The van der Waals surface area contributed by atoms with Crippen LogP contribution in [0.1, 0.15) is 104 Å². The molecule has 0 aliphatic heterocycles. The lowest BCUT2D eigenvalue weighted by Crippen LogP contribution is -2.28. The van der Waals surface area contributed by atoms with Gasteiger partial charge in [-0.1, -0.05) is 70.4 Å². The van der Waals surface area contributed by atoms with Crippen molar-refractivity contribution in [2.24, 2.45) is 5.73 Å². The molecule has 1 amide bonds. The van der Waals surface area contributed by atoms with Crippen LogP contribution in [0.25, 0.3) is 0 Å². The third-order valence-electron chi connectivity index (χ3n) is 4.13. The zero-order valence-corrected chi connectivity index (χ0v) is 17.8. The van der Waals surface area contributed by atoms with Gasteiger partial charge in [-0.05, 0) is 32.1 Å². The second-order valence-electron chi connectivity index (χ2n) is 6.99. The largest absolute Gasteiger partial charge is 0.481 e. The summed E-state index contributed by atoms with van der Waals surface area (Å²) >= 11 is 0. The monoisotopic (exact) mass is 384 g/mol. The van der Waals surface area contributed by atoms with Crippen LogP contribution in [-0.4, -0.2) is 30.1 Å². The van der Waals surface area contributed by atoms with E-state index in [0.29, 0.717) is 19.5 Å². The Bertz CT molecular complexity index is 353. The predicted molar refractivity (Wildman–Crippen MR) is 115 cm³/mol. The number of rotatable bonds is 17. The minimum atomic E-state index is -0.833. The van der Waals surface area contributed by atoms with Crippen molar-refractivity contribution < 1.29 is 14.7 Å². The molecule has 0 unspecified atom stereocenters. The molecular formula is C22H44N2O3. The predicted octanol–water partition coefficient (Wildman–Crippen LogP) is 5.19. The lowest BCUT2D eigenvalue weighted by Gasteiger charge is -2.03. The standard InChI is InChI=1S/C20H40N2O.C2H4O2/c1-2-3-4-5-6-7-8-9-10-11-12-13-14-15-16-17-20(23)22-19-18-21;1-2(3)4/h9-10H,2-8,11-19,21H2,1H3,(H,22,23);1H3,(H,3,4). The molecule has 160 valence electrons. The summed E-state index contributed by atoms with van der Waals surface area (Å²) in [6.07, 6.45) is 22.1. The summed E-state index contributed by atoms with van der Waals surface area (Å²) < 4.78 is 0. The maximum absolute atomic E-state index is 11.4. The number of amides is 1. The van der Waals surface area contributed by atoms with Crippen LogP contribution in [0.3, 0.4) is 0 Å². The van der Waals surface area contributed by atoms with Gasteiger partial charge in [0.05, 0.1) is 0 Å². The first kappa shape index (κ1) is 27.9. The molecule has 0 aliphatic rings. The number of carbonyl (C=O) groups is 2. The molecule has 0 aromatic carbocycles. The van der Waals surface area contributed by atoms with Crippen LogP contribution in [0.15, 0.2) is 12.2 Å². The third-order valence-corrected chi connectivity index (χ3v) is 4.13. The van der Waals surface area contributed by atoms with Crippen LogP contribution >= 0.6 is 0 Å². The van der Waals surface area contributed by atoms with E-state index in [1.54, 1.807) is 0 Å². The minimum absolute atomic E-state index is 0.146. The Balaban J connectivity index is 0. The van der Waals surface area contributed by atoms with Crippen LogP contribution in [0.4, 0.5) is 0 Å². The molecule has 0 heterocycles. The van der Waals surface area contributed by atoms with Crippen molar-refractivity contribution in [3.63, 3.8) is 0 Å². The molecule has 0 radical (unpaired) electrons. The third kappa shape index (κ3) is 32.7. The number of carboxylic acid groups (broad SMARTS) is 1. The summed E-state index contributed by atoms with van der Waals surface area (Å²) in [6, 6.07) is 0. The second kappa shape index (κ2) is 24.6. The summed E-state index contributed by atoms with van der Waals surface area (Å²) in [4.78, 5) is 20.4. The van der Waals surface area contributed by atoms with Gasteiger partial charge in [0, 0.05) is 26.4 Å². The van der Waals surface area contributed by atoms with Crippen LogP contribution < -0.4 is 11.1 Å². The summed E-state index contributed by atoms with van der Waals surface area (Å²) in [7, 11) is 0. The van der Waals surface area contributed by atoms with E-state index in [4.69, 9.17) is 15.6 Å². The van der Waals surface area contributed by atoms with Crippen molar-refractivity contribution in [1.82, 2.24) is 5.32 Å². The van der Waals surface area contributed by atoms with Gasteiger partial charge in [-0.2, -0.15) is 0 Å². The molecule has 5 nitrogen and oxygen atoms in total. The Kier molecular flexibility index (Phi) is 25.4. The summed E-state index contributed by atoms with van der Waals surface area (Å²) in [5.74, 6) is -0.687. The molecule has 0 rings (SSSR count). The van der Waals surface area contributed by atoms with E-state index in [1.807, 2.05) is 0 Å². The van der Waals surface area contributed by atoms with Crippen LogP contribution in [-0.2, 0) is 9.59 Å². The molecule has 0 bridgehead atoms. The average molecular weight is 385 g/mol. The first-order chi connectivity index (χ1) is 13.0. The normalized spacial score (nSPS) is 10.5. The maximum Gasteiger partial charge on any atom is 0.300 e. The smallest absolute Gasteiger partial charge is 0.300 e. The van der Waals surface area contributed by atoms with Crippen LogP contribution in [0, 0.1) is 0 Å². The van der Waals surface area contributed by atoms with E-state index in [9.17, 15) is 4.79 Å². The van der Waals surface area contributed by atoms with E-state index in [1.165, 1.54) is 70.6 Å². The highest BCUT2D eigenvalue weighted by molar-refractivity contribution is 5.75. The number of nitrogens with one attached hydrogen (secondary N) is 1. The summed E-state index contributed by atoms with van der Waals surface area (Å²) in [6.45, 7) is 4.48. The van der Waals surface area contributed by atoms with Crippen LogP contribution in [0.5, 0.6) is 0 Å². The fourth-order valence-corrected chi connectivity index (χ4v) is 2.66. The van der Waals surface area contributed by atoms with E-state index in [0.717, 1.165) is 19.8 Å². The van der Waals surface area contributed by atoms with Crippen molar-refractivity contribution in [2.75, 3.05) is 13.1 Å². The van der Waals surface area contributed by atoms with Crippen molar-refractivity contribution in [3.05, 3.63) is 12.2 Å². The number of aliphatic carboxylic acids is 1. The van der Waals surface area contributed by atoms with Crippen molar-refractivity contribution in [3.8, 4) is 0 Å².